The molecule has 22 heavy (non-hydrogen) atoms. The molecular weight excluding hydrogens is 300 g/mol. The maximum absolute atomic E-state index is 12.3. The van der Waals surface area contributed by atoms with Crippen molar-refractivity contribution in [3.8, 4) is 0 Å². The minimum absolute atomic E-state index is 0.173. The maximum Gasteiger partial charge on any atom is 0.268 e. The number of nitrogens with one attached hydrogen (secondary N) is 1. The molecule has 1 fully saturated rings. The van der Waals surface area contributed by atoms with Gasteiger partial charge in [-0.3, -0.25) is 9.69 Å². The van der Waals surface area contributed by atoms with Crippen molar-refractivity contribution < 1.29 is 9.32 Å². The van der Waals surface area contributed by atoms with E-state index in [1.165, 1.54) is 30.6 Å². The predicted molar refractivity (Wildman–Crippen MR) is 85.2 cm³/mol. The van der Waals surface area contributed by atoms with E-state index in [-0.39, 0.29) is 5.91 Å². The van der Waals surface area contributed by atoms with E-state index in [1.807, 2.05) is 6.92 Å². The summed E-state index contributed by atoms with van der Waals surface area (Å²) in [6.45, 7) is 6.75. The Hall–Kier alpha value is -1.73. The molecule has 7 heteroatoms. The van der Waals surface area contributed by atoms with Crippen molar-refractivity contribution in [2.75, 3.05) is 18.4 Å². The fourth-order valence-corrected chi connectivity index (χ4v) is 3.64. The number of nitrogens with zero attached hydrogens (tertiary/aromatic N) is 3. The Kier molecular flexibility index (Phi) is 4.54. The van der Waals surface area contributed by atoms with E-state index in [0.717, 1.165) is 30.3 Å². The van der Waals surface area contributed by atoms with Crippen LogP contribution in [0.25, 0.3) is 0 Å². The van der Waals surface area contributed by atoms with Gasteiger partial charge in [0.05, 0.1) is 12.2 Å². The number of carbonyl (C=O) groups is 1. The quantitative estimate of drug-likeness (QED) is 0.937. The summed E-state index contributed by atoms with van der Waals surface area (Å²) in [5.41, 5.74) is 0.773. The topological polar surface area (TPSA) is 71.3 Å². The monoisotopic (exact) mass is 320 g/mol. The molecule has 1 N–H and O–H groups in total. The number of hydrogen-bond acceptors (Lipinski definition) is 6. The van der Waals surface area contributed by atoms with Crippen LogP contribution in [0.15, 0.2) is 10.6 Å². The fourth-order valence-electron chi connectivity index (χ4n) is 2.64. The highest BCUT2D eigenvalue weighted by molar-refractivity contribution is 7.13. The lowest BCUT2D eigenvalue weighted by Crippen LogP contribution is -2.28. The molecule has 2 aromatic heterocycles. The van der Waals surface area contributed by atoms with Crippen molar-refractivity contribution in [3.63, 3.8) is 0 Å². The van der Waals surface area contributed by atoms with Crippen LogP contribution in [0.2, 0.25) is 0 Å². The van der Waals surface area contributed by atoms with Crippen LogP contribution in [0.1, 0.15) is 45.4 Å². The van der Waals surface area contributed by atoms with Gasteiger partial charge in [-0.05, 0) is 39.8 Å². The summed E-state index contributed by atoms with van der Waals surface area (Å²) in [5.74, 6) is 0.934. The second-order valence-corrected chi connectivity index (χ2v) is 6.72. The average molecular weight is 320 g/mol. The normalized spacial score (nSPS) is 15.9. The number of aromatic nitrogens is 2. The number of aryl methyl sites for hydroxylation is 2. The minimum Gasteiger partial charge on any atom is -0.360 e. The van der Waals surface area contributed by atoms with Gasteiger partial charge in [-0.25, -0.2) is 4.98 Å². The third-order valence-electron chi connectivity index (χ3n) is 3.72. The molecule has 1 saturated heterocycles. The van der Waals surface area contributed by atoms with Crippen LogP contribution in [0.5, 0.6) is 0 Å². The summed E-state index contributed by atoms with van der Waals surface area (Å²) in [6, 6.07) is 1.70. The van der Waals surface area contributed by atoms with E-state index >= 15 is 0 Å². The Morgan fingerprint density at radius 2 is 2.14 bits per heavy atom. The third kappa shape index (κ3) is 3.53. The lowest BCUT2D eigenvalue weighted by Gasteiger charge is -2.25. The van der Waals surface area contributed by atoms with Crippen molar-refractivity contribution in [1.82, 2.24) is 15.0 Å². The van der Waals surface area contributed by atoms with E-state index in [9.17, 15) is 4.79 Å². The number of carbonyl (C=O) groups excluding carboxylic acids is 1. The van der Waals surface area contributed by atoms with Crippen LogP contribution in [-0.2, 0) is 6.54 Å². The van der Waals surface area contributed by atoms with E-state index in [0.29, 0.717) is 16.5 Å². The van der Waals surface area contributed by atoms with Crippen LogP contribution in [0.3, 0.4) is 0 Å². The van der Waals surface area contributed by atoms with Crippen molar-refractivity contribution in [2.24, 2.45) is 0 Å². The molecule has 1 amide bonds. The zero-order chi connectivity index (χ0) is 15.5. The molecule has 0 bridgehead atoms. The highest BCUT2D eigenvalue weighted by Crippen LogP contribution is 2.22. The second-order valence-electron chi connectivity index (χ2n) is 5.64. The largest absolute Gasteiger partial charge is 0.360 e. The third-order valence-corrected chi connectivity index (χ3v) is 4.87. The number of anilines is 1. The summed E-state index contributed by atoms with van der Waals surface area (Å²) in [4.78, 5) is 19.9. The van der Waals surface area contributed by atoms with Gasteiger partial charge < -0.3 is 9.84 Å². The molecule has 0 aliphatic carbocycles. The zero-order valence-corrected chi connectivity index (χ0v) is 13.7. The summed E-state index contributed by atoms with van der Waals surface area (Å²) < 4.78 is 4.95. The van der Waals surface area contributed by atoms with E-state index < -0.39 is 0 Å². The maximum atomic E-state index is 12.3. The summed E-state index contributed by atoms with van der Waals surface area (Å²) in [6.07, 6.45) is 3.82. The Bertz CT molecular complexity index is 658. The standard InChI is InChI=1S/C15H20N4O2S/c1-10-8-12(18-21-10)17-15(20)14-11(2)16-13(22-14)9-19-6-4-3-5-7-19/h8H,3-7,9H2,1-2H3,(H,17,18,20). The predicted octanol–water partition coefficient (Wildman–Crippen LogP) is 2.99. The zero-order valence-electron chi connectivity index (χ0n) is 12.9. The van der Waals surface area contributed by atoms with Gasteiger partial charge >= 0.3 is 0 Å². The molecule has 2 aromatic rings. The van der Waals surface area contributed by atoms with Gasteiger partial charge in [0.25, 0.3) is 5.91 Å². The lowest BCUT2D eigenvalue weighted by molar-refractivity contribution is 0.102. The molecule has 3 heterocycles. The van der Waals surface area contributed by atoms with Crippen LogP contribution < -0.4 is 5.32 Å². The summed E-state index contributed by atoms with van der Waals surface area (Å²) in [7, 11) is 0. The Balaban J connectivity index is 1.67. The molecule has 118 valence electrons. The Labute approximate surface area is 133 Å². The SMILES string of the molecule is Cc1cc(NC(=O)c2sc(CN3CCCCC3)nc2C)no1. The van der Waals surface area contributed by atoms with Gasteiger partial charge in [-0.1, -0.05) is 11.6 Å². The first-order chi connectivity index (χ1) is 10.6. The highest BCUT2D eigenvalue weighted by atomic mass is 32.1. The first-order valence-electron chi connectivity index (χ1n) is 7.55. The second kappa shape index (κ2) is 6.58. The molecule has 1 aliphatic heterocycles. The molecule has 0 aromatic carbocycles. The fraction of sp³-hybridized carbons (Fsp3) is 0.533. The number of piperidine rings is 1. The molecule has 6 nitrogen and oxygen atoms in total. The molecule has 0 spiro atoms. The average Bonchev–Trinajstić information content (AvgIpc) is 3.06. The Morgan fingerprint density at radius 3 is 2.82 bits per heavy atom. The number of thiazole rings is 1. The molecule has 0 atom stereocenters. The number of likely N-dealkylation sites (tertiary alicyclic amines) is 1. The summed E-state index contributed by atoms with van der Waals surface area (Å²) in [5, 5.41) is 7.53. The van der Waals surface area contributed by atoms with Crippen LogP contribution in [-0.4, -0.2) is 34.0 Å². The first-order valence-corrected chi connectivity index (χ1v) is 8.37. The molecule has 0 radical (unpaired) electrons. The smallest absolute Gasteiger partial charge is 0.268 e. The number of hydrogen-bond donors (Lipinski definition) is 1. The first kappa shape index (κ1) is 15.2. The number of amides is 1. The van der Waals surface area contributed by atoms with E-state index in [1.54, 1.807) is 13.0 Å². The van der Waals surface area contributed by atoms with Gasteiger partial charge in [0.2, 0.25) is 0 Å². The highest BCUT2D eigenvalue weighted by Gasteiger charge is 2.19. The van der Waals surface area contributed by atoms with Gasteiger partial charge in [-0.2, -0.15) is 0 Å². The molecular formula is C15H20N4O2S. The van der Waals surface area contributed by atoms with E-state index in [2.05, 4.69) is 20.4 Å². The van der Waals surface area contributed by atoms with E-state index in [4.69, 9.17) is 4.52 Å². The summed E-state index contributed by atoms with van der Waals surface area (Å²) >= 11 is 1.46. The minimum atomic E-state index is -0.173. The van der Waals surface area contributed by atoms with Crippen molar-refractivity contribution in [1.29, 1.82) is 0 Å². The Morgan fingerprint density at radius 1 is 1.36 bits per heavy atom. The van der Waals surface area contributed by atoms with Crippen LogP contribution in [0, 0.1) is 13.8 Å². The van der Waals surface area contributed by atoms with Gasteiger partial charge in [0.15, 0.2) is 5.82 Å². The van der Waals surface area contributed by atoms with Gasteiger partial charge in [-0.15, -0.1) is 11.3 Å². The lowest BCUT2D eigenvalue weighted by atomic mass is 10.1. The van der Waals surface area contributed by atoms with Crippen LogP contribution in [0.4, 0.5) is 5.82 Å². The number of rotatable bonds is 4. The van der Waals surface area contributed by atoms with Crippen molar-refractivity contribution in [3.05, 3.63) is 27.4 Å². The van der Waals surface area contributed by atoms with Crippen LogP contribution >= 0.6 is 11.3 Å². The molecule has 3 rings (SSSR count). The molecule has 1 aliphatic rings. The van der Waals surface area contributed by atoms with Crippen molar-refractivity contribution in [2.45, 2.75) is 39.7 Å². The molecule has 0 saturated carbocycles. The van der Waals surface area contributed by atoms with Gasteiger partial charge in [0, 0.05) is 6.07 Å². The molecule has 0 unspecified atom stereocenters. The van der Waals surface area contributed by atoms with Gasteiger partial charge in [0.1, 0.15) is 15.6 Å². The van der Waals surface area contributed by atoms with Crippen molar-refractivity contribution >= 4 is 23.1 Å².